The minimum absolute atomic E-state index is 0.469. The van der Waals surface area contributed by atoms with Gasteiger partial charge in [-0.25, -0.2) is 0 Å². The van der Waals surface area contributed by atoms with Crippen molar-refractivity contribution in [1.82, 2.24) is 0 Å². The minimum Gasteiger partial charge on any atom is -0.487 e. The molecule has 1 unspecified atom stereocenters. The number of ether oxygens (including phenoxy) is 1. The highest BCUT2D eigenvalue weighted by Crippen LogP contribution is 2.41. The lowest BCUT2D eigenvalue weighted by Crippen LogP contribution is -2.37. The van der Waals surface area contributed by atoms with Crippen molar-refractivity contribution < 1.29 is 14.6 Å². The summed E-state index contributed by atoms with van der Waals surface area (Å²) in [4.78, 5) is 11.2. The molecule has 1 aromatic rings. The molecule has 0 aromatic heterocycles. The van der Waals surface area contributed by atoms with Crippen LogP contribution in [0.1, 0.15) is 31.7 Å². The van der Waals surface area contributed by atoms with Gasteiger partial charge in [0, 0.05) is 17.0 Å². The molecule has 2 rings (SSSR count). The summed E-state index contributed by atoms with van der Waals surface area (Å²) in [7, 11) is 0. The second kappa shape index (κ2) is 3.67. The van der Waals surface area contributed by atoms with Gasteiger partial charge in [-0.2, -0.15) is 0 Å². The van der Waals surface area contributed by atoms with Gasteiger partial charge in [-0.3, -0.25) is 4.79 Å². The SMILES string of the molecule is CC1(C)CC(C(=O)O)c2ccc(Cl)cc2O1. The van der Waals surface area contributed by atoms with E-state index < -0.39 is 17.5 Å². The average molecular weight is 241 g/mol. The molecular formula is C12H13ClO3. The lowest BCUT2D eigenvalue weighted by atomic mass is 9.84. The Kier molecular flexibility index (Phi) is 2.58. The maximum atomic E-state index is 11.2. The molecule has 0 radical (unpaired) electrons. The maximum Gasteiger partial charge on any atom is 0.311 e. The van der Waals surface area contributed by atoms with Crippen LogP contribution in [-0.2, 0) is 4.79 Å². The summed E-state index contributed by atoms with van der Waals surface area (Å²) in [6.45, 7) is 3.76. The van der Waals surface area contributed by atoms with E-state index in [1.165, 1.54) is 0 Å². The zero-order valence-electron chi connectivity index (χ0n) is 9.16. The van der Waals surface area contributed by atoms with Crippen molar-refractivity contribution in [3.63, 3.8) is 0 Å². The van der Waals surface area contributed by atoms with Crippen LogP contribution in [0.4, 0.5) is 0 Å². The summed E-state index contributed by atoms with van der Waals surface area (Å²) < 4.78 is 5.73. The smallest absolute Gasteiger partial charge is 0.311 e. The van der Waals surface area contributed by atoms with Crippen LogP contribution in [-0.4, -0.2) is 16.7 Å². The fourth-order valence-electron chi connectivity index (χ4n) is 2.05. The lowest BCUT2D eigenvalue weighted by molar-refractivity contribution is -0.140. The van der Waals surface area contributed by atoms with E-state index in [0.717, 1.165) is 0 Å². The van der Waals surface area contributed by atoms with Crippen LogP contribution in [0.25, 0.3) is 0 Å². The average Bonchev–Trinajstić information content (AvgIpc) is 2.14. The lowest BCUT2D eigenvalue weighted by Gasteiger charge is -2.36. The van der Waals surface area contributed by atoms with E-state index in [1.807, 2.05) is 13.8 Å². The summed E-state index contributed by atoms with van der Waals surface area (Å²) >= 11 is 5.87. The Balaban J connectivity index is 2.51. The van der Waals surface area contributed by atoms with E-state index >= 15 is 0 Å². The maximum absolute atomic E-state index is 11.2. The molecule has 1 aliphatic rings. The first-order chi connectivity index (χ1) is 7.39. The van der Waals surface area contributed by atoms with Gasteiger partial charge in [0.1, 0.15) is 11.4 Å². The van der Waals surface area contributed by atoms with Gasteiger partial charge in [0.15, 0.2) is 0 Å². The standard InChI is InChI=1S/C12H13ClO3/c1-12(2)6-9(11(14)15)8-4-3-7(13)5-10(8)16-12/h3-5,9H,6H2,1-2H3,(H,14,15). The number of aliphatic carboxylic acids is 1. The molecule has 3 nitrogen and oxygen atoms in total. The molecule has 1 aromatic carbocycles. The second-order valence-electron chi connectivity index (χ2n) is 4.64. The highest BCUT2D eigenvalue weighted by Gasteiger charge is 2.37. The van der Waals surface area contributed by atoms with Gasteiger partial charge in [-0.15, -0.1) is 0 Å². The third kappa shape index (κ3) is 2.00. The van der Waals surface area contributed by atoms with Crippen LogP contribution >= 0.6 is 11.6 Å². The van der Waals surface area contributed by atoms with Crippen molar-refractivity contribution in [1.29, 1.82) is 0 Å². The van der Waals surface area contributed by atoms with Crippen molar-refractivity contribution in [2.24, 2.45) is 0 Å². The first kappa shape index (κ1) is 11.3. The molecule has 0 amide bonds. The minimum atomic E-state index is -0.819. The van der Waals surface area contributed by atoms with Gasteiger partial charge in [0.2, 0.25) is 0 Å². The number of carboxylic acids is 1. The Bertz CT molecular complexity index is 440. The van der Waals surface area contributed by atoms with Crippen LogP contribution in [0.15, 0.2) is 18.2 Å². The summed E-state index contributed by atoms with van der Waals surface area (Å²) in [5.74, 6) is -0.757. The molecule has 0 aliphatic carbocycles. The number of rotatable bonds is 1. The summed E-state index contributed by atoms with van der Waals surface area (Å²) in [5, 5.41) is 9.75. The summed E-state index contributed by atoms with van der Waals surface area (Å²) in [6, 6.07) is 5.09. The van der Waals surface area contributed by atoms with E-state index in [0.29, 0.717) is 22.8 Å². The molecule has 86 valence electrons. The molecule has 0 saturated heterocycles. The molecule has 1 N–H and O–H groups in total. The highest BCUT2D eigenvalue weighted by molar-refractivity contribution is 6.30. The third-order valence-electron chi connectivity index (χ3n) is 2.73. The van der Waals surface area contributed by atoms with Crippen LogP contribution in [0.2, 0.25) is 5.02 Å². The zero-order valence-corrected chi connectivity index (χ0v) is 9.91. The molecule has 1 heterocycles. The first-order valence-corrected chi connectivity index (χ1v) is 5.48. The van der Waals surface area contributed by atoms with Gasteiger partial charge in [0.05, 0.1) is 5.92 Å². The summed E-state index contributed by atoms with van der Waals surface area (Å²) in [5.41, 5.74) is 0.233. The number of hydrogen-bond acceptors (Lipinski definition) is 2. The molecule has 16 heavy (non-hydrogen) atoms. The topological polar surface area (TPSA) is 46.5 Å². The van der Waals surface area contributed by atoms with Crippen molar-refractivity contribution in [3.8, 4) is 5.75 Å². The molecule has 0 saturated carbocycles. The van der Waals surface area contributed by atoms with Crippen LogP contribution in [0.5, 0.6) is 5.75 Å². The van der Waals surface area contributed by atoms with E-state index in [2.05, 4.69) is 0 Å². The molecule has 1 atom stereocenters. The number of benzene rings is 1. The molecule has 4 heteroatoms. The largest absolute Gasteiger partial charge is 0.487 e. The highest BCUT2D eigenvalue weighted by atomic mass is 35.5. The predicted molar refractivity (Wildman–Crippen MR) is 61.2 cm³/mol. The Labute approximate surface area is 99.0 Å². The van der Waals surface area contributed by atoms with Crippen LogP contribution in [0, 0.1) is 0 Å². The fourth-order valence-corrected chi connectivity index (χ4v) is 2.21. The number of fused-ring (bicyclic) bond motifs is 1. The first-order valence-electron chi connectivity index (χ1n) is 5.10. The number of halogens is 1. The van der Waals surface area contributed by atoms with Crippen molar-refractivity contribution in [2.45, 2.75) is 31.8 Å². The van der Waals surface area contributed by atoms with E-state index in [1.54, 1.807) is 18.2 Å². The van der Waals surface area contributed by atoms with Gasteiger partial charge in [-0.1, -0.05) is 17.7 Å². The van der Waals surface area contributed by atoms with Crippen LogP contribution < -0.4 is 4.74 Å². The monoisotopic (exact) mass is 240 g/mol. The fraction of sp³-hybridized carbons (Fsp3) is 0.417. The zero-order chi connectivity index (χ0) is 11.9. The van der Waals surface area contributed by atoms with E-state index in [4.69, 9.17) is 16.3 Å². The predicted octanol–water partition coefficient (Wildman–Crippen LogP) is 3.07. The quantitative estimate of drug-likeness (QED) is 0.821. The Morgan fingerprint density at radius 3 is 2.88 bits per heavy atom. The summed E-state index contributed by atoms with van der Waals surface area (Å²) in [6.07, 6.45) is 0.469. The van der Waals surface area contributed by atoms with Crippen molar-refractivity contribution >= 4 is 17.6 Å². The molecule has 0 spiro atoms. The second-order valence-corrected chi connectivity index (χ2v) is 5.08. The number of hydrogen-bond donors (Lipinski definition) is 1. The normalized spacial score (nSPS) is 22.1. The van der Waals surface area contributed by atoms with E-state index in [9.17, 15) is 9.90 Å². The van der Waals surface area contributed by atoms with Gasteiger partial charge >= 0.3 is 5.97 Å². The van der Waals surface area contributed by atoms with Gasteiger partial charge in [0.25, 0.3) is 0 Å². The van der Waals surface area contributed by atoms with Gasteiger partial charge in [-0.05, 0) is 26.0 Å². The molecule has 0 fully saturated rings. The molecular weight excluding hydrogens is 228 g/mol. The van der Waals surface area contributed by atoms with Crippen molar-refractivity contribution in [2.75, 3.05) is 0 Å². The Morgan fingerprint density at radius 1 is 1.56 bits per heavy atom. The number of carboxylic acid groups (broad SMARTS) is 1. The van der Waals surface area contributed by atoms with Gasteiger partial charge < -0.3 is 9.84 Å². The molecule has 1 aliphatic heterocycles. The van der Waals surface area contributed by atoms with E-state index in [-0.39, 0.29) is 0 Å². The number of carbonyl (C=O) groups is 1. The molecule has 0 bridgehead atoms. The Morgan fingerprint density at radius 2 is 2.25 bits per heavy atom. The third-order valence-corrected chi connectivity index (χ3v) is 2.97. The Hall–Kier alpha value is -1.22. The van der Waals surface area contributed by atoms with Crippen LogP contribution in [0.3, 0.4) is 0 Å². The van der Waals surface area contributed by atoms with Crippen molar-refractivity contribution in [3.05, 3.63) is 28.8 Å².